The molecule has 0 spiro atoms. The molecule has 0 unspecified atom stereocenters. The lowest BCUT2D eigenvalue weighted by Gasteiger charge is -2.13. The molecule has 14 nitrogen and oxygen atoms in total. The van der Waals surface area contributed by atoms with Crippen LogP contribution >= 0.6 is 23.2 Å². The highest BCUT2D eigenvalue weighted by Crippen LogP contribution is 2.24. The summed E-state index contributed by atoms with van der Waals surface area (Å²) in [6.07, 6.45) is 9.77. The van der Waals surface area contributed by atoms with Crippen LogP contribution in [0.4, 0.5) is 11.4 Å². The molecule has 0 atom stereocenters. The topological polar surface area (TPSA) is 198 Å². The quantitative estimate of drug-likeness (QED) is 0.0539. The van der Waals surface area contributed by atoms with Crippen LogP contribution in [-0.4, -0.2) is 57.6 Å². The highest BCUT2D eigenvalue weighted by Gasteiger charge is 2.16. The standard InChI is InChI=1S/2C22H24ClN5O2/c23-20-19-11-17(8-9-18(19)22(30)28-27-20)24-12-14-4-3-5-15(10-14)21(29)26-13-25-16-6-1-2-7-16;23-20-18-9-8-17(11-19(18)22(30)28-27-20)24-12-14-4-3-5-15(10-14)21(29)26-13-25-16-6-1-2-7-16/h2*3-5,8-11,16,24-25H,1-2,6-7,12-13H2,(H,26,29)(H,28,30). The van der Waals surface area contributed by atoms with Crippen molar-refractivity contribution in [3.05, 3.63) is 138 Å². The number of aromatic amines is 2. The zero-order valence-electron chi connectivity index (χ0n) is 33.0. The fraction of sp³-hybridized carbons (Fsp3) is 0.318. The van der Waals surface area contributed by atoms with E-state index in [0.29, 0.717) is 71.2 Å². The summed E-state index contributed by atoms with van der Waals surface area (Å²) < 4.78 is 0. The van der Waals surface area contributed by atoms with Gasteiger partial charge in [-0.25, -0.2) is 10.2 Å². The molecule has 2 fully saturated rings. The highest BCUT2D eigenvalue weighted by atomic mass is 35.5. The number of H-pyrrole nitrogens is 2. The number of aromatic nitrogens is 4. The van der Waals surface area contributed by atoms with Crippen molar-refractivity contribution in [2.75, 3.05) is 24.0 Å². The summed E-state index contributed by atoms with van der Waals surface area (Å²) in [4.78, 5) is 48.7. The molecule has 2 amide bonds. The average Bonchev–Trinajstić information content (AvgIpc) is 4.01. The molecule has 8 N–H and O–H groups in total. The number of nitrogens with one attached hydrogen (secondary N) is 8. The molecule has 0 bridgehead atoms. The Balaban J connectivity index is 0.000000181. The molecule has 4 aromatic carbocycles. The van der Waals surface area contributed by atoms with Crippen LogP contribution < -0.4 is 43.0 Å². The van der Waals surface area contributed by atoms with Crippen molar-refractivity contribution in [1.29, 1.82) is 0 Å². The molecular weight excluding hydrogens is 803 g/mol. The number of rotatable bonds is 14. The molecule has 2 aliphatic carbocycles. The average molecular weight is 852 g/mol. The normalized spacial score (nSPS) is 14.2. The molecule has 0 saturated heterocycles. The van der Waals surface area contributed by atoms with E-state index >= 15 is 0 Å². The summed E-state index contributed by atoms with van der Waals surface area (Å²) in [5.41, 5.74) is 4.22. The van der Waals surface area contributed by atoms with E-state index in [1.807, 2.05) is 54.6 Å². The van der Waals surface area contributed by atoms with Crippen LogP contribution in [0.15, 0.2) is 94.5 Å². The number of nitrogens with zero attached hydrogens (tertiary/aromatic N) is 2. The van der Waals surface area contributed by atoms with Gasteiger partial charge in [0, 0.05) is 58.4 Å². The lowest BCUT2D eigenvalue weighted by Crippen LogP contribution is -2.38. The maximum atomic E-state index is 12.4. The van der Waals surface area contributed by atoms with E-state index < -0.39 is 0 Å². The zero-order valence-corrected chi connectivity index (χ0v) is 34.5. The van der Waals surface area contributed by atoms with Gasteiger partial charge in [-0.1, -0.05) is 73.2 Å². The first kappa shape index (κ1) is 42.3. The second-order valence-corrected chi connectivity index (χ2v) is 15.8. The van der Waals surface area contributed by atoms with Gasteiger partial charge in [-0.2, -0.15) is 10.2 Å². The van der Waals surface area contributed by atoms with E-state index in [-0.39, 0.29) is 33.2 Å². The first-order valence-corrected chi connectivity index (χ1v) is 21.0. The summed E-state index contributed by atoms with van der Waals surface area (Å²) in [6.45, 7) is 2.01. The molecule has 312 valence electrons. The van der Waals surface area contributed by atoms with E-state index in [9.17, 15) is 19.2 Å². The Morgan fingerprint density at radius 1 is 0.567 bits per heavy atom. The molecule has 2 aliphatic rings. The minimum absolute atomic E-state index is 0.0925. The number of carbonyl (C=O) groups excluding carboxylic acids is 2. The fourth-order valence-corrected chi connectivity index (χ4v) is 7.96. The molecule has 8 rings (SSSR count). The first-order chi connectivity index (χ1) is 29.2. The first-order valence-electron chi connectivity index (χ1n) is 20.2. The van der Waals surface area contributed by atoms with Gasteiger partial charge in [-0.3, -0.25) is 29.8 Å². The van der Waals surface area contributed by atoms with Crippen LogP contribution in [0.5, 0.6) is 0 Å². The van der Waals surface area contributed by atoms with Crippen LogP contribution in [0.2, 0.25) is 10.3 Å². The number of benzene rings is 4. The van der Waals surface area contributed by atoms with Gasteiger partial charge in [0.2, 0.25) is 0 Å². The van der Waals surface area contributed by atoms with E-state index in [0.717, 1.165) is 22.5 Å². The van der Waals surface area contributed by atoms with E-state index in [1.165, 1.54) is 51.4 Å². The van der Waals surface area contributed by atoms with Gasteiger partial charge in [0.1, 0.15) is 0 Å². The third kappa shape index (κ3) is 11.3. The van der Waals surface area contributed by atoms with E-state index in [4.69, 9.17) is 23.2 Å². The van der Waals surface area contributed by atoms with Crippen LogP contribution in [0.3, 0.4) is 0 Å². The predicted octanol–water partition coefficient (Wildman–Crippen LogP) is 6.82. The highest BCUT2D eigenvalue weighted by molar-refractivity contribution is 6.34. The van der Waals surface area contributed by atoms with Gasteiger partial charge in [-0.05, 0) is 97.5 Å². The lowest BCUT2D eigenvalue weighted by atomic mass is 10.1. The van der Waals surface area contributed by atoms with Crippen molar-refractivity contribution in [2.45, 2.75) is 76.5 Å². The second kappa shape index (κ2) is 20.4. The van der Waals surface area contributed by atoms with Crippen molar-refractivity contribution < 1.29 is 9.59 Å². The summed E-state index contributed by atoms with van der Waals surface area (Å²) in [6, 6.07) is 26.7. The Morgan fingerprint density at radius 3 is 1.53 bits per heavy atom. The number of amides is 2. The lowest BCUT2D eigenvalue weighted by molar-refractivity contribution is 0.0940. The van der Waals surface area contributed by atoms with Gasteiger partial charge in [0.15, 0.2) is 10.3 Å². The number of hydrogen-bond acceptors (Lipinski definition) is 10. The van der Waals surface area contributed by atoms with Crippen LogP contribution in [-0.2, 0) is 13.1 Å². The summed E-state index contributed by atoms with van der Waals surface area (Å²) in [5.74, 6) is -0.188. The maximum Gasteiger partial charge on any atom is 0.272 e. The molecule has 2 heterocycles. The zero-order chi connectivity index (χ0) is 41.8. The van der Waals surface area contributed by atoms with E-state index in [1.54, 1.807) is 30.3 Å². The third-order valence-corrected chi connectivity index (χ3v) is 11.4. The SMILES string of the molecule is O=C(NCNC1CCCC1)c1cccc(CNc2ccc3c(=O)[nH]nc(Cl)c3c2)c1.O=C(NCNC1CCCC1)c1cccc(CNc2ccc3c(Cl)n[nH]c(=O)c3c2)c1. The number of hydrogen-bond donors (Lipinski definition) is 8. The van der Waals surface area contributed by atoms with Crippen molar-refractivity contribution in [3.63, 3.8) is 0 Å². The van der Waals surface area contributed by atoms with Gasteiger partial charge >= 0.3 is 0 Å². The van der Waals surface area contributed by atoms with Gasteiger partial charge in [0.05, 0.1) is 24.1 Å². The maximum absolute atomic E-state index is 12.4. The Labute approximate surface area is 356 Å². The van der Waals surface area contributed by atoms with Gasteiger partial charge < -0.3 is 21.3 Å². The second-order valence-electron chi connectivity index (χ2n) is 15.1. The number of anilines is 2. The number of halogens is 2. The van der Waals surface area contributed by atoms with E-state index in [2.05, 4.69) is 52.3 Å². The summed E-state index contributed by atoms with van der Waals surface area (Å²) in [7, 11) is 0. The Bertz CT molecular complexity index is 2570. The smallest absolute Gasteiger partial charge is 0.272 e. The number of fused-ring (bicyclic) bond motifs is 2. The number of carbonyl (C=O) groups is 2. The molecule has 2 aromatic heterocycles. The van der Waals surface area contributed by atoms with Crippen molar-refractivity contribution in [2.24, 2.45) is 0 Å². The van der Waals surface area contributed by atoms with Crippen molar-refractivity contribution in [3.8, 4) is 0 Å². The van der Waals surface area contributed by atoms with Gasteiger partial charge in [0.25, 0.3) is 22.9 Å². The molecule has 6 aromatic rings. The summed E-state index contributed by atoms with van der Waals surface area (Å²) >= 11 is 12.1. The monoisotopic (exact) mass is 850 g/mol. The third-order valence-electron chi connectivity index (χ3n) is 10.8. The van der Waals surface area contributed by atoms with Gasteiger partial charge in [-0.15, -0.1) is 0 Å². The molecule has 0 aliphatic heterocycles. The molecule has 2 saturated carbocycles. The van der Waals surface area contributed by atoms with Crippen LogP contribution in [0.1, 0.15) is 83.2 Å². The minimum Gasteiger partial charge on any atom is -0.381 e. The van der Waals surface area contributed by atoms with Crippen LogP contribution in [0, 0.1) is 0 Å². The largest absolute Gasteiger partial charge is 0.381 e. The Hall–Kier alpha value is -5.80. The van der Waals surface area contributed by atoms with Crippen LogP contribution in [0.25, 0.3) is 21.5 Å². The van der Waals surface area contributed by atoms with Crippen molar-refractivity contribution in [1.82, 2.24) is 41.7 Å². The fourth-order valence-electron chi connectivity index (χ4n) is 7.55. The molecular formula is C44H48Cl2N10O4. The van der Waals surface area contributed by atoms with Crippen molar-refractivity contribution >= 4 is 67.9 Å². The molecule has 0 radical (unpaired) electrons. The Kier molecular flexibility index (Phi) is 14.4. The Morgan fingerprint density at radius 2 is 1.02 bits per heavy atom. The summed E-state index contributed by atoms with van der Waals surface area (Å²) in [5, 5.41) is 34.2. The molecule has 16 heteroatoms. The molecule has 60 heavy (non-hydrogen) atoms. The minimum atomic E-state index is -0.289. The predicted molar refractivity (Wildman–Crippen MR) is 238 cm³/mol.